The van der Waals surface area contributed by atoms with Gasteiger partial charge >= 0.3 is 0 Å². The lowest BCUT2D eigenvalue weighted by atomic mass is 9.97. The van der Waals surface area contributed by atoms with Gasteiger partial charge in [-0.1, -0.05) is 0 Å². The fourth-order valence-corrected chi connectivity index (χ4v) is 3.60. The molecular weight excluding hydrogens is 280 g/mol. The predicted molar refractivity (Wildman–Crippen MR) is 84.0 cm³/mol. The van der Waals surface area contributed by atoms with Crippen molar-refractivity contribution in [2.45, 2.75) is 18.9 Å². The number of hydrogen-bond donors (Lipinski definition) is 2. The molecule has 0 aliphatic carbocycles. The van der Waals surface area contributed by atoms with Crippen LogP contribution in [0.3, 0.4) is 0 Å². The van der Waals surface area contributed by atoms with Crippen molar-refractivity contribution < 1.29 is 9.21 Å². The number of amides is 1. The van der Waals surface area contributed by atoms with Crippen LogP contribution in [0.4, 0.5) is 5.88 Å². The maximum absolute atomic E-state index is 12.4. The van der Waals surface area contributed by atoms with Crippen molar-refractivity contribution >= 4 is 22.8 Å². The summed E-state index contributed by atoms with van der Waals surface area (Å²) >= 11 is 0. The summed E-state index contributed by atoms with van der Waals surface area (Å²) in [6.45, 7) is 3.31. The average molecular weight is 300 g/mol. The van der Waals surface area contributed by atoms with Crippen molar-refractivity contribution in [3.63, 3.8) is 0 Å². The van der Waals surface area contributed by atoms with Crippen molar-refractivity contribution in [2.24, 2.45) is 5.92 Å². The van der Waals surface area contributed by atoms with Gasteiger partial charge in [0.05, 0.1) is 0 Å². The lowest BCUT2D eigenvalue weighted by Crippen LogP contribution is -2.47. The molecule has 2 aromatic rings. The maximum atomic E-state index is 12.4. The van der Waals surface area contributed by atoms with Crippen molar-refractivity contribution in [3.05, 3.63) is 24.0 Å². The first-order valence-corrected chi connectivity index (χ1v) is 7.82. The van der Waals surface area contributed by atoms with Crippen LogP contribution in [0.5, 0.6) is 0 Å². The Kier molecular flexibility index (Phi) is 3.26. The number of pyridine rings is 1. The zero-order valence-corrected chi connectivity index (χ0v) is 12.6. The molecule has 0 saturated carbocycles. The van der Waals surface area contributed by atoms with Crippen LogP contribution in [0.2, 0.25) is 0 Å². The molecule has 3 atom stereocenters. The average Bonchev–Trinajstić information content (AvgIpc) is 3.09. The normalized spacial score (nSPS) is 27.0. The fourth-order valence-electron chi connectivity index (χ4n) is 3.60. The first-order chi connectivity index (χ1) is 10.7. The van der Waals surface area contributed by atoms with Crippen molar-refractivity contribution in [3.8, 4) is 0 Å². The Morgan fingerprint density at radius 1 is 1.41 bits per heavy atom. The molecule has 4 heterocycles. The molecule has 0 aromatic carbocycles. The van der Waals surface area contributed by atoms with Crippen molar-refractivity contribution in [2.75, 3.05) is 32.0 Å². The number of hydrogen-bond acceptors (Lipinski definition) is 5. The molecular formula is C16H20N4O2. The molecule has 2 N–H and O–H groups in total. The topological polar surface area (TPSA) is 70.4 Å². The Hall–Kier alpha value is -2.08. The number of anilines is 1. The number of fused-ring (bicyclic) bond motifs is 3. The van der Waals surface area contributed by atoms with Gasteiger partial charge < -0.3 is 20.0 Å². The SMILES string of the molecule is CNc1cc2cnc(C(=O)N[C@@H]3C[C@H]4CCN(C4)C3)cc2o1. The fraction of sp³-hybridized carbons (Fsp3) is 0.500. The van der Waals surface area contributed by atoms with Crippen LogP contribution < -0.4 is 10.6 Å². The smallest absolute Gasteiger partial charge is 0.270 e. The predicted octanol–water partition coefficient (Wildman–Crippen LogP) is 1.69. The van der Waals surface area contributed by atoms with Gasteiger partial charge in [0.2, 0.25) is 0 Å². The van der Waals surface area contributed by atoms with Gasteiger partial charge in [-0.2, -0.15) is 0 Å². The van der Waals surface area contributed by atoms with Gasteiger partial charge in [-0.25, -0.2) is 0 Å². The summed E-state index contributed by atoms with van der Waals surface area (Å²) in [7, 11) is 1.80. The molecule has 2 fully saturated rings. The van der Waals surface area contributed by atoms with E-state index in [0.717, 1.165) is 24.3 Å². The molecule has 2 bridgehead atoms. The van der Waals surface area contributed by atoms with E-state index in [1.165, 1.54) is 19.5 Å². The summed E-state index contributed by atoms with van der Waals surface area (Å²) in [6.07, 6.45) is 4.02. The third-order valence-corrected chi connectivity index (χ3v) is 4.68. The standard InChI is InChI=1S/C16H20N4O2/c1-17-15-5-11-7-18-13(6-14(11)22-15)16(21)19-12-4-10-2-3-20(8-10)9-12/h5-7,10,12,17H,2-4,8-9H2,1H3,(H,19,21)/t10-,12-/m1/s1. The molecule has 6 heteroatoms. The highest BCUT2D eigenvalue weighted by Crippen LogP contribution is 2.27. The van der Waals surface area contributed by atoms with E-state index in [0.29, 0.717) is 17.2 Å². The number of rotatable bonds is 3. The molecule has 0 spiro atoms. The van der Waals surface area contributed by atoms with Crippen molar-refractivity contribution in [1.82, 2.24) is 15.2 Å². The van der Waals surface area contributed by atoms with E-state index in [1.54, 1.807) is 19.3 Å². The molecule has 2 aliphatic rings. The van der Waals surface area contributed by atoms with Gasteiger partial charge in [-0.05, 0) is 25.3 Å². The highest BCUT2D eigenvalue weighted by molar-refractivity contribution is 5.95. The van der Waals surface area contributed by atoms with E-state index in [1.807, 2.05) is 6.07 Å². The quantitative estimate of drug-likeness (QED) is 0.903. The molecule has 2 aromatic heterocycles. The van der Waals surface area contributed by atoms with Crippen LogP contribution in [-0.4, -0.2) is 48.5 Å². The second-order valence-corrected chi connectivity index (χ2v) is 6.29. The summed E-state index contributed by atoms with van der Waals surface area (Å²) in [4.78, 5) is 19.1. The number of carbonyl (C=O) groups is 1. The van der Waals surface area contributed by atoms with Crippen LogP contribution in [0.25, 0.3) is 11.0 Å². The summed E-state index contributed by atoms with van der Waals surface area (Å²) in [5, 5.41) is 6.96. The van der Waals surface area contributed by atoms with E-state index >= 15 is 0 Å². The molecule has 2 saturated heterocycles. The van der Waals surface area contributed by atoms with E-state index in [-0.39, 0.29) is 11.9 Å². The minimum atomic E-state index is -0.114. The number of carbonyl (C=O) groups excluding carboxylic acids is 1. The second kappa shape index (κ2) is 5.28. The van der Waals surface area contributed by atoms with E-state index in [4.69, 9.17) is 4.42 Å². The Morgan fingerprint density at radius 2 is 2.32 bits per heavy atom. The van der Waals surface area contributed by atoms with Gasteiger partial charge in [0.25, 0.3) is 5.91 Å². The van der Waals surface area contributed by atoms with Gasteiger partial charge in [-0.15, -0.1) is 0 Å². The van der Waals surface area contributed by atoms with Gasteiger partial charge in [0.1, 0.15) is 11.3 Å². The minimum absolute atomic E-state index is 0.114. The lowest BCUT2D eigenvalue weighted by molar-refractivity contribution is 0.0904. The van der Waals surface area contributed by atoms with E-state index in [2.05, 4.69) is 20.5 Å². The van der Waals surface area contributed by atoms with Crippen LogP contribution in [0.15, 0.2) is 22.7 Å². The van der Waals surface area contributed by atoms with Crippen LogP contribution in [-0.2, 0) is 0 Å². The second-order valence-electron chi connectivity index (χ2n) is 6.29. The summed E-state index contributed by atoms with van der Waals surface area (Å²) in [5.74, 6) is 1.29. The molecule has 2 aliphatic heterocycles. The zero-order chi connectivity index (χ0) is 15.1. The Morgan fingerprint density at radius 3 is 3.14 bits per heavy atom. The number of piperidine rings is 1. The molecule has 116 valence electrons. The van der Waals surface area contributed by atoms with Gasteiger partial charge in [-0.3, -0.25) is 9.78 Å². The molecule has 0 radical (unpaired) electrons. The molecule has 1 amide bonds. The van der Waals surface area contributed by atoms with Crippen molar-refractivity contribution in [1.29, 1.82) is 0 Å². The maximum Gasteiger partial charge on any atom is 0.270 e. The van der Waals surface area contributed by atoms with E-state index < -0.39 is 0 Å². The van der Waals surface area contributed by atoms with E-state index in [9.17, 15) is 4.79 Å². The molecule has 6 nitrogen and oxygen atoms in total. The Labute approximate surface area is 128 Å². The highest BCUT2D eigenvalue weighted by Gasteiger charge is 2.33. The minimum Gasteiger partial charge on any atom is -0.441 e. The summed E-state index contributed by atoms with van der Waals surface area (Å²) in [6, 6.07) is 3.81. The van der Waals surface area contributed by atoms with Crippen LogP contribution in [0, 0.1) is 5.92 Å². The monoisotopic (exact) mass is 300 g/mol. The number of nitrogens with zero attached hydrogens (tertiary/aromatic N) is 2. The first-order valence-electron chi connectivity index (χ1n) is 7.82. The number of aromatic nitrogens is 1. The Balaban J connectivity index is 1.50. The summed E-state index contributed by atoms with van der Waals surface area (Å²) in [5.41, 5.74) is 1.09. The summed E-state index contributed by atoms with van der Waals surface area (Å²) < 4.78 is 5.60. The van der Waals surface area contributed by atoms with Gasteiger partial charge in [0, 0.05) is 49.9 Å². The third kappa shape index (κ3) is 2.43. The van der Waals surface area contributed by atoms with Gasteiger partial charge in [0.15, 0.2) is 5.88 Å². The van der Waals surface area contributed by atoms with Crippen LogP contribution in [0.1, 0.15) is 23.3 Å². The Bertz CT molecular complexity index is 699. The number of furan rings is 1. The molecule has 4 rings (SSSR count). The molecule has 1 unspecified atom stereocenters. The largest absolute Gasteiger partial charge is 0.441 e. The molecule has 22 heavy (non-hydrogen) atoms. The third-order valence-electron chi connectivity index (χ3n) is 4.68. The lowest BCUT2D eigenvalue weighted by Gasteiger charge is -2.30. The number of nitrogens with one attached hydrogen (secondary N) is 2. The first kappa shape index (κ1) is 13.6. The van der Waals surface area contributed by atoms with Crippen LogP contribution >= 0.6 is 0 Å². The zero-order valence-electron chi connectivity index (χ0n) is 12.6. The highest BCUT2D eigenvalue weighted by atomic mass is 16.3.